The first-order chi connectivity index (χ1) is 13.2. The molecule has 0 saturated carbocycles. The van der Waals surface area contributed by atoms with Crippen LogP contribution in [0.1, 0.15) is 30.5 Å². The predicted octanol–water partition coefficient (Wildman–Crippen LogP) is 3.80. The van der Waals surface area contributed by atoms with Gasteiger partial charge in [-0.05, 0) is 54.8 Å². The number of anilines is 1. The van der Waals surface area contributed by atoms with Gasteiger partial charge in [0.2, 0.25) is 15.9 Å². The second kappa shape index (κ2) is 9.43. The Morgan fingerprint density at radius 1 is 1.21 bits per heavy atom. The first-order valence-electron chi connectivity index (χ1n) is 8.83. The molecule has 0 aliphatic rings. The highest BCUT2D eigenvalue weighted by Crippen LogP contribution is 2.25. The highest BCUT2D eigenvalue weighted by molar-refractivity contribution is 9.10. The largest absolute Gasteiger partial charge is 0.497 e. The van der Waals surface area contributed by atoms with Crippen LogP contribution in [0.5, 0.6) is 5.75 Å². The molecule has 1 atom stereocenters. The number of carbonyl (C=O) groups is 1. The number of hydrogen-bond acceptors (Lipinski definition) is 4. The van der Waals surface area contributed by atoms with Gasteiger partial charge in [-0.15, -0.1) is 0 Å². The van der Waals surface area contributed by atoms with E-state index >= 15 is 0 Å². The number of carbonyl (C=O) groups excluding carboxylic acids is 1. The third-order valence-electron chi connectivity index (χ3n) is 4.38. The van der Waals surface area contributed by atoms with Gasteiger partial charge in [-0.2, -0.15) is 0 Å². The van der Waals surface area contributed by atoms with Crippen molar-refractivity contribution in [1.29, 1.82) is 0 Å². The molecule has 0 saturated heterocycles. The molecule has 0 aromatic heterocycles. The Kier molecular flexibility index (Phi) is 7.48. The zero-order valence-corrected chi connectivity index (χ0v) is 18.8. The summed E-state index contributed by atoms with van der Waals surface area (Å²) in [5, 5.41) is 2.92. The van der Waals surface area contributed by atoms with Crippen LogP contribution in [0.15, 0.2) is 46.9 Å². The summed E-state index contributed by atoms with van der Waals surface area (Å²) in [5.74, 6) is 0.368. The molecule has 1 N–H and O–H groups in total. The summed E-state index contributed by atoms with van der Waals surface area (Å²) >= 11 is 3.40. The molecule has 0 heterocycles. The third-order valence-corrected chi connectivity index (χ3v) is 6.41. The van der Waals surface area contributed by atoms with Crippen molar-refractivity contribution in [1.82, 2.24) is 5.32 Å². The molecule has 0 radical (unpaired) electrons. The molecule has 0 aliphatic carbocycles. The predicted molar refractivity (Wildman–Crippen MR) is 115 cm³/mol. The molecule has 2 aromatic rings. The van der Waals surface area contributed by atoms with E-state index in [4.69, 9.17) is 4.74 Å². The third kappa shape index (κ3) is 5.72. The Morgan fingerprint density at radius 2 is 1.86 bits per heavy atom. The van der Waals surface area contributed by atoms with E-state index in [-0.39, 0.29) is 18.5 Å². The smallest absolute Gasteiger partial charge is 0.241 e. The number of ether oxygens (including phenoxy) is 1. The summed E-state index contributed by atoms with van der Waals surface area (Å²) in [4.78, 5) is 12.6. The fraction of sp³-hybridized carbons (Fsp3) is 0.350. The minimum Gasteiger partial charge on any atom is -0.497 e. The molecule has 0 aliphatic heterocycles. The molecule has 1 amide bonds. The van der Waals surface area contributed by atoms with Gasteiger partial charge in [0.15, 0.2) is 0 Å². The van der Waals surface area contributed by atoms with E-state index in [1.165, 1.54) is 0 Å². The van der Waals surface area contributed by atoms with E-state index in [0.717, 1.165) is 31.9 Å². The Morgan fingerprint density at radius 3 is 2.36 bits per heavy atom. The highest BCUT2D eigenvalue weighted by atomic mass is 79.9. The molecular weight excluding hydrogens is 444 g/mol. The molecule has 8 heteroatoms. The SMILES string of the molecule is CC[C@@H](NC(=O)CN(c1ccc(Br)c(C)c1)S(C)(=O)=O)c1ccc(OC)cc1. The van der Waals surface area contributed by atoms with E-state index in [2.05, 4.69) is 21.2 Å². The number of sulfonamides is 1. The quantitative estimate of drug-likeness (QED) is 0.638. The lowest BCUT2D eigenvalue weighted by Gasteiger charge is -2.24. The van der Waals surface area contributed by atoms with E-state index in [1.54, 1.807) is 25.3 Å². The summed E-state index contributed by atoms with van der Waals surface area (Å²) in [6.45, 7) is 3.54. The fourth-order valence-electron chi connectivity index (χ4n) is 2.81. The van der Waals surface area contributed by atoms with E-state index < -0.39 is 10.0 Å². The first kappa shape index (κ1) is 22.2. The lowest BCUT2D eigenvalue weighted by atomic mass is 10.0. The number of hydrogen-bond donors (Lipinski definition) is 1. The standard InChI is InChI=1S/C20H25BrN2O4S/c1-5-19(15-6-9-17(27-3)10-7-15)22-20(24)13-23(28(4,25)26)16-8-11-18(21)14(2)12-16/h6-12,19H,5,13H2,1-4H3,(H,22,24)/t19-/m1/s1. The van der Waals surface area contributed by atoms with Gasteiger partial charge < -0.3 is 10.1 Å². The Hall–Kier alpha value is -2.06. The van der Waals surface area contributed by atoms with Crippen LogP contribution < -0.4 is 14.4 Å². The number of benzene rings is 2. The number of halogens is 1. The minimum absolute atomic E-state index is 0.216. The van der Waals surface area contributed by atoms with Gasteiger partial charge in [-0.1, -0.05) is 35.0 Å². The van der Waals surface area contributed by atoms with Crippen molar-refractivity contribution in [3.05, 3.63) is 58.1 Å². The van der Waals surface area contributed by atoms with Crippen LogP contribution in [0, 0.1) is 6.92 Å². The number of amides is 1. The van der Waals surface area contributed by atoms with Crippen molar-refractivity contribution in [2.75, 3.05) is 24.2 Å². The second-order valence-electron chi connectivity index (χ2n) is 6.50. The zero-order chi connectivity index (χ0) is 20.9. The monoisotopic (exact) mass is 468 g/mol. The van der Waals surface area contributed by atoms with Crippen LogP contribution in [0.4, 0.5) is 5.69 Å². The lowest BCUT2D eigenvalue weighted by molar-refractivity contribution is -0.120. The van der Waals surface area contributed by atoms with Crippen LogP contribution in [-0.4, -0.2) is 34.2 Å². The van der Waals surface area contributed by atoms with Gasteiger partial charge in [-0.3, -0.25) is 9.10 Å². The van der Waals surface area contributed by atoms with Gasteiger partial charge in [0.05, 0.1) is 25.1 Å². The minimum atomic E-state index is -3.62. The van der Waals surface area contributed by atoms with Crippen molar-refractivity contribution in [3.63, 3.8) is 0 Å². The van der Waals surface area contributed by atoms with Crippen LogP contribution >= 0.6 is 15.9 Å². The van der Waals surface area contributed by atoms with Crippen LogP contribution in [0.25, 0.3) is 0 Å². The first-order valence-corrected chi connectivity index (χ1v) is 11.5. The number of methoxy groups -OCH3 is 1. The number of nitrogens with one attached hydrogen (secondary N) is 1. The summed E-state index contributed by atoms with van der Waals surface area (Å²) in [6.07, 6.45) is 1.77. The molecule has 6 nitrogen and oxygen atoms in total. The second-order valence-corrected chi connectivity index (χ2v) is 9.27. The summed E-state index contributed by atoms with van der Waals surface area (Å²) < 4.78 is 31.7. The van der Waals surface area contributed by atoms with Gasteiger partial charge in [-0.25, -0.2) is 8.42 Å². The molecule has 0 unspecified atom stereocenters. The Bertz CT molecular complexity index is 930. The Labute approximate surface area is 175 Å². The van der Waals surface area contributed by atoms with E-state index in [1.807, 2.05) is 38.1 Å². The van der Waals surface area contributed by atoms with Gasteiger partial charge in [0.25, 0.3) is 0 Å². The van der Waals surface area contributed by atoms with Gasteiger partial charge >= 0.3 is 0 Å². The fourth-order valence-corrected chi connectivity index (χ4v) is 3.91. The molecule has 0 spiro atoms. The van der Waals surface area contributed by atoms with Crippen LogP contribution in [-0.2, 0) is 14.8 Å². The molecule has 152 valence electrons. The molecule has 2 aromatic carbocycles. The van der Waals surface area contributed by atoms with Crippen LogP contribution in [0.3, 0.4) is 0 Å². The molecular formula is C20H25BrN2O4S. The van der Waals surface area contributed by atoms with Gasteiger partial charge in [0.1, 0.15) is 12.3 Å². The topological polar surface area (TPSA) is 75.7 Å². The van der Waals surface area contributed by atoms with Crippen molar-refractivity contribution >= 4 is 37.5 Å². The average molecular weight is 469 g/mol. The van der Waals surface area contributed by atoms with Crippen molar-refractivity contribution < 1.29 is 17.9 Å². The van der Waals surface area contributed by atoms with E-state index in [9.17, 15) is 13.2 Å². The summed E-state index contributed by atoms with van der Waals surface area (Å²) in [5.41, 5.74) is 2.27. The summed E-state index contributed by atoms with van der Waals surface area (Å²) in [7, 11) is -2.02. The lowest BCUT2D eigenvalue weighted by Crippen LogP contribution is -2.41. The molecule has 2 rings (SSSR count). The number of aryl methyl sites for hydroxylation is 1. The number of nitrogens with zero attached hydrogens (tertiary/aromatic N) is 1. The highest BCUT2D eigenvalue weighted by Gasteiger charge is 2.23. The molecule has 28 heavy (non-hydrogen) atoms. The van der Waals surface area contributed by atoms with Crippen LogP contribution in [0.2, 0.25) is 0 Å². The normalized spacial score (nSPS) is 12.3. The maximum Gasteiger partial charge on any atom is 0.241 e. The van der Waals surface area contributed by atoms with Crippen molar-refractivity contribution in [2.45, 2.75) is 26.3 Å². The number of rotatable bonds is 8. The van der Waals surface area contributed by atoms with E-state index in [0.29, 0.717) is 12.1 Å². The molecule has 0 bridgehead atoms. The van der Waals surface area contributed by atoms with Crippen molar-refractivity contribution in [3.8, 4) is 5.75 Å². The van der Waals surface area contributed by atoms with Gasteiger partial charge in [0, 0.05) is 4.47 Å². The maximum atomic E-state index is 12.6. The zero-order valence-electron chi connectivity index (χ0n) is 16.4. The Balaban J connectivity index is 2.19. The van der Waals surface area contributed by atoms with Crippen molar-refractivity contribution in [2.24, 2.45) is 0 Å². The average Bonchev–Trinajstić information content (AvgIpc) is 2.65. The maximum absolute atomic E-state index is 12.6. The summed E-state index contributed by atoms with van der Waals surface area (Å²) in [6, 6.07) is 12.4. The molecule has 0 fully saturated rings.